The quantitative estimate of drug-likeness (QED) is 0.107. The molecule has 2 aromatic rings. The molecule has 0 unspecified atom stereocenters. The molecule has 0 aromatic heterocycles. The van der Waals surface area contributed by atoms with Crippen molar-refractivity contribution in [1.29, 1.82) is 0 Å². The van der Waals surface area contributed by atoms with E-state index in [-0.39, 0.29) is 5.41 Å². The second-order valence-corrected chi connectivity index (χ2v) is 13.3. The molecular formula is C35H57O3P. The summed E-state index contributed by atoms with van der Waals surface area (Å²) < 4.78 is 19.3. The third kappa shape index (κ3) is 15.7. The van der Waals surface area contributed by atoms with Gasteiger partial charge in [0.05, 0.1) is 6.61 Å². The highest BCUT2D eigenvalue weighted by Gasteiger charge is 2.23. The molecule has 0 bridgehead atoms. The van der Waals surface area contributed by atoms with Crippen LogP contribution in [0.5, 0.6) is 11.5 Å². The van der Waals surface area contributed by atoms with Crippen LogP contribution in [0.15, 0.2) is 48.5 Å². The Morgan fingerprint density at radius 1 is 0.538 bits per heavy atom. The molecule has 0 aliphatic heterocycles. The molecule has 0 radical (unpaired) electrons. The van der Waals surface area contributed by atoms with Gasteiger partial charge < -0.3 is 9.05 Å². The van der Waals surface area contributed by atoms with Crippen molar-refractivity contribution in [3.8, 4) is 11.5 Å². The lowest BCUT2D eigenvalue weighted by Gasteiger charge is -2.24. The average Bonchev–Trinajstić information content (AvgIpc) is 2.92. The van der Waals surface area contributed by atoms with Gasteiger partial charge in [0.1, 0.15) is 11.5 Å². The van der Waals surface area contributed by atoms with Gasteiger partial charge in [0.2, 0.25) is 0 Å². The second-order valence-electron chi connectivity index (χ2n) is 12.2. The van der Waals surface area contributed by atoms with Gasteiger partial charge in [-0.3, -0.25) is 4.52 Å². The molecule has 2 rings (SSSR count). The predicted molar refractivity (Wildman–Crippen MR) is 170 cm³/mol. The minimum atomic E-state index is -1.57. The zero-order valence-electron chi connectivity index (χ0n) is 25.8. The third-order valence-electron chi connectivity index (χ3n) is 6.99. The SMILES string of the molecule is CCCCCCCCCc1ccccc1OP(OCC(C)(C)C)Oc1ccccc1CCCCCCCCC. The standard InChI is InChI=1S/C35H57O3P/c1-6-8-10-12-14-16-18-24-31-26-20-22-28-33(31)37-39(36-30-35(3,4)5)38-34-29-23-21-27-32(34)25-19-17-15-13-11-9-7-2/h20-23,26-29H,6-19,24-25,30H2,1-5H3. The molecule has 0 fully saturated rings. The summed E-state index contributed by atoms with van der Waals surface area (Å²) in [4.78, 5) is 0. The van der Waals surface area contributed by atoms with Crippen LogP contribution in [0.4, 0.5) is 0 Å². The second kappa shape index (κ2) is 20.3. The summed E-state index contributed by atoms with van der Waals surface area (Å²) >= 11 is 0. The van der Waals surface area contributed by atoms with E-state index >= 15 is 0 Å². The van der Waals surface area contributed by atoms with Crippen molar-refractivity contribution in [2.75, 3.05) is 6.61 Å². The molecule has 220 valence electrons. The summed E-state index contributed by atoms with van der Waals surface area (Å²) in [5, 5.41) is 0. The van der Waals surface area contributed by atoms with Gasteiger partial charge >= 0.3 is 8.60 Å². The van der Waals surface area contributed by atoms with Gasteiger partial charge in [-0.05, 0) is 54.4 Å². The molecule has 0 aliphatic carbocycles. The lowest BCUT2D eigenvalue weighted by atomic mass is 9.99. The van der Waals surface area contributed by atoms with E-state index in [4.69, 9.17) is 13.6 Å². The maximum Gasteiger partial charge on any atom is 0.463 e. The lowest BCUT2D eigenvalue weighted by molar-refractivity contribution is 0.178. The lowest BCUT2D eigenvalue weighted by Crippen LogP contribution is -2.15. The fourth-order valence-electron chi connectivity index (χ4n) is 4.62. The summed E-state index contributed by atoms with van der Waals surface area (Å²) in [6.07, 6.45) is 20.4. The van der Waals surface area contributed by atoms with Crippen molar-refractivity contribution in [1.82, 2.24) is 0 Å². The number of benzene rings is 2. The first kappa shape index (κ1) is 33.6. The molecule has 3 nitrogen and oxygen atoms in total. The van der Waals surface area contributed by atoms with E-state index in [2.05, 4.69) is 83.1 Å². The van der Waals surface area contributed by atoms with Gasteiger partial charge in [0.25, 0.3) is 0 Å². The Labute approximate surface area is 242 Å². The zero-order valence-corrected chi connectivity index (χ0v) is 26.7. The normalized spacial score (nSPS) is 11.7. The van der Waals surface area contributed by atoms with Crippen LogP contribution in [-0.4, -0.2) is 6.61 Å². The highest BCUT2D eigenvalue weighted by Crippen LogP contribution is 2.45. The largest absolute Gasteiger partial charge is 0.463 e. The van der Waals surface area contributed by atoms with Gasteiger partial charge in [-0.25, -0.2) is 0 Å². The molecule has 0 heterocycles. The van der Waals surface area contributed by atoms with Crippen LogP contribution in [-0.2, 0) is 17.4 Å². The first-order valence-corrected chi connectivity index (χ1v) is 17.0. The molecule has 39 heavy (non-hydrogen) atoms. The molecule has 0 saturated heterocycles. The van der Waals surface area contributed by atoms with Crippen molar-refractivity contribution in [3.05, 3.63) is 59.7 Å². The van der Waals surface area contributed by atoms with E-state index in [1.807, 2.05) is 0 Å². The van der Waals surface area contributed by atoms with Crippen molar-refractivity contribution in [2.45, 2.75) is 137 Å². The molecule has 2 aromatic carbocycles. The van der Waals surface area contributed by atoms with Gasteiger partial charge in [-0.15, -0.1) is 0 Å². The van der Waals surface area contributed by atoms with Crippen molar-refractivity contribution < 1.29 is 13.6 Å². The number of para-hydroxylation sites is 2. The Bertz CT molecular complexity index is 813. The number of rotatable bonds is 22. The first-order valence-electron chi connectivity index (χ1n) is 15.9. The average molecular weight is 557 g/mol. The van der Waals surface area contributed by atoms with Crippen LogP contribution in [0, 0.1) is 5.41 Å². The number of hydrogen-bond acceptors (Lipinski definition) is 3. The van der Waals surface area contributed by atoms with Crippen LogP contribution in [0.1, 0.15) is 136 Å². The van der Waals surface area contributed by atoms with Gasteiger partial charge in [-0.2, -0.15) is 0 Å². The van der Waals surface area contributed by atoms with E-state index in [0.29, 0.717) is 6.61 Å². The number of unbranched alkanes of at least 4 members (excludes halogenated alkanes) is 12. The molecule has 0 N–H and O–H groups in total. The molecule has 0 atom stereocenters. The summed E-state index contributed by atoms with van der Waals surface area (Å²) in [6.45, 7) is 11.7. The zero-order chi connectivity index (χ0) is 28.2. The van der Waals surface area contributed by atoms with Crippen LogP contribution in [0.25, 0.3) is 0 Å². The van der Waals surface area contributed by atoms with E-state index in [1.165, 1.54) is 101 Å². The third-order valence-corrected chi connectivity index (χ3v) is 8.02. The Balaban J connectivity index is 2.00. The summed E-state index contributed by atoms with van der Waals surface area (Å²) in [5.74, 6) is 1.79. The minimum absolute atomic E-state index is 0.0297. The summed E-state index contributed by atoms with van der Waals surface area (Å²) in [7, 11) is -1.57. The van der Waals surface area contributed by atoms with Gasteiger partial charge in [-0.1, -0.05) is 148 Å². The van der Waals surface area contributed by atoms with Crippen LogP contribution >= 0.6 is 8.60 Å². The van der Waals surface area contributed by atoms with Crippen LogP contribution < -0.4 is 9.05 Å². The summed E-state index contributed by atoms with van der Waals surface area (Å²) in [5.41, 5.74) is 2.53. The Morgan fingerprint density at radius 2 is 0.923 bits per heavy atom. The predicted octanol–water partition coefficient (Wildman–Crippen LogP) is 12.0. The van der Waals surface area contributed by atoms with Crippen molar-refractivity contribution >= 4 is 8.60 Å². The highest BCUT2D eigenvalue weighted by atomic mass is 31.2. The monoisotopic (exact) mass is 556 g/mol. The molecule has 0 spiro atoms. The van der Waals surface area contributed by atoms with E-state index in [9.17, 15) is 0 Å². The maximum atomic E-state index is 6.51. The van der Waals surface area contributed by atoms with Crippen molar-refractivity contribution in [3.63, 3.8) is 0 Å². The van der Waals surface area contributed by atoms with E-state index < -0.39 is 8.60 Å². The molecule has 4 heteroatoms. The van der Waals surface area contributed by atoms with Crippen molar-refractivity contribution in [2.24, 2.45) is 5.41 Å². The molecular weight excluding hydrogens is 499 g/mol. The van der Waals surface area contributed by atoms with E-state index in [1.54, 1.807) is 0 Å². The van der Waals surface area contributed by atoms with Crippen LogP contribution in [0.2, 0.25) is 0 Å². The Kier molecular flexibility index (Phi) is 17.5. The van der Waals surface area contributed by atoms with Gasteiger partial charge in [0.15, 0.2) is 0 Å². The molecule has 0 amide bonds. The first-order chi connectivity index (χ1) is 18.9. The Hall–Kier alpha value is -1.57. The minimum Gasteiger partial charge on any atom is -0.417 e. The fraction of sp³-hybridized carbons (Fsp3) is 0.657. The van der Waals surface area contributed by atoms with Gasteiger partial charge in [0, 0.05) is 0 Å². The maximum absolute atomic E-state index is 6.51. The number of hydrogen-bond donors (Lipinski definition) is 0. The Morgan fingerprint density at radius 3 is 1.33 bits per heavy atom. The summed E-state index contributed by atoms with van der Waals surface area (Å²) in [6, 6.07) is 16.8. The van der Waals surface area contributed by atoms with Crippen LogP contribution in [0.3, 0.4) is 0 Å². The highest BCUT2D eigenvalue weighted by molar-refractivity contribution is 7.42. The number of aryl methyl sites for hydroxylation is 2. The van der Waals surface area contributed by atoms with E-state index in [0.717, 1.165) is 24.3 Å². The topological polar surface area (TPSA) is 27.7 Å². The smallest absolute Gasteiger partial charge is 0.417 e. The fourth-order valence-corrected chi connectivity index (χ4v) is 5.94. The molecule has 0 aliphatic rings. The molecule has 0 saturated carbocycles.